The van der Waals surface area contributed by atoms with Crippen molar-refractivity contribution >= 4 is 0 Å². The summed E-state index contributed by atoms with van der Waals surface area (Å²) < 4.78 is 5.55. The lowest BCUT2D eigenvalue weighted by Crippen LogP contribution is -2.11. The predicted molar refractivity (Wildman–Crippen MR) is 61.8 cm³/mol. The van der Waals surface area contributed by atoms with Crippen LogP contribution in [0.2, 0.25) is 0 Å². The van der Waals surface area contributed by atoms with E-state index in [1.54, 1.807) is 0 Å². The highest BCUT2D eigenvalue weighted by Crippen LogP contribution is 2.25. The van der Waals surface area contributed by atoms with Crippen LogP contribution in [0.15, 0.2) is 24.3 Å². The van der Waals surface area contributed by atoms with Crippen LogP contribution in [-0.2, 0) is 10.2 Å². The van der Waals surface area contributed by atoms with Gasteiger partial charge in [0.05, 0.1) is 12.8 Å². The van der Waals surface area contributed by atoms with Gasteiger partial charge in [0, 0.05) is 6.54 Å². The van der Waals surface area contributed by atoms with E-state index in [1.807, 2.05) is 0 Å². The molecule has 1 aromatic carbocycles. The Labute approximate surface area is 91.6 Å². The smallest absolute Gasteiger partial charge is 0.0975 e. The summed E-state index contributed by atoms with van der Waals surface area (Å²) in [7, 11) is 0. The van der Waals surface area contributed by atoms with Crippen molar-refractivity contribution in [2.75, 3.05) is 13.3 Å². The van der Waals surface area contributed by atoms with Gasteiger partial charge in [-0.2, -0.15) is 0 Å². The fraction of sp³-hybridized carbons (Fsp3) is 0.538. The Hall–Kier alpha value is -0.860. The van der Waals surface area contributed by atoms with Crippen molar-refractivity contribution in [2.45, 2.75) is 32.3 Å². The molecular weight excluding hydrogens is 186 g/mol. The molecule has 82 valence electrons. The summed E-state index contributed by atoms with van der Waals surface area (Å²) >= 11 is 0. The Bertz CT molecular complexity index is 317. The number of rotatable bonds is 1. The van der Waals surface area contributed by atoms with E-state index in [-0.39, 0.29) is 11.5 Å². The third kappa shape index (κ3) is 2.39. The number of hydrogen-bond acceptors (Lipinski definition) is 2. The van der Waals surface area contributed by atoms with Gasteiger partial charge in [0.1, 0.15) is 0 Å². The Morgan fingerprint density at radius 2 is 1.87 bits per heavy atom. The predicted octanol–water partition coefficient (Wildman–Crippen LogP) is 2.60. The summed E-state index contributed by atoms with van der Waals surface area (Å²) in [6.07, 6.45) is 0.235. The van der Waals surface area contributed by atoms with E-state index in [4.69, 9.17) is 4.74 Å². The van der Waals surface area contributed by atoms with Crippen LogP contribution in [0.5, 0.6) is 0 Å². The van der Waals surface area contributed by atoms with Crippen LogP contribution in [0.4, 0.5) is 0 Å². The standard InChI is InChI=1S/C13H19NO/c1-13(2,3)11-6-4-10(5-7-11)12-8-14-9-15-12/h4-7,12,14H,8-9H2,1-3H3. The summed E-state index contributed by atoms with van der Waals surface area (Å²) in [6, 6.07) is 8.77. The van der Waals surface area contributed by atoms with E-state index in [9.17, 15) is 0 Å². The molecule has 0 aliphatic carbocycles. The molecule has 2 rings (SSSR count). The molecule has 0 amide bonds. The summed E-state index contributed by atoms with van der Waals surface area (Å²) in [5.74, 6) is 0. The van der Waals surface area contributed by atoms with Crippen molar-refractivity contribution < 1.29 is 4.74 Å². The second-order valence-corrected chi connectivity index (χ2v) is 5.13. The molecule has 1 fully saturated rings. The quantitative estimate of drug-likeness (QED) is 0.761. The Kier molecular flexibility index (Phi) is 2.81. The van der Waals surface area contributed by atoms with Crippen molar-refractivity contribution in [3.8, 4) is 0 Å². The van der Waals surface area contributed by atoms with E-state index in [0.717, 1.165) is 6.54 Å². The van der Waals surface area contributed by atoms with Gasteiger partial charge >= 0.3 is 0 Å². The lowest BCUT2D eigenvalue weighted by molar-refractivity contribution is 0.114. The first kappa shape index (κ1) is 10.7. The highest BCUT2D eigenvalue weighted by atomic mass is 16.5. The second-order valence-electron chi connectivity index (χ2n) is 5.13. The minimum Gasteiger partial charge on any atom is -0.357 e. The minimum absolute atomic E-state index is 0.229. The van der Waals surface area contributed by atoms with Crippen LogP contribution in [0, 0.1) is 0 Å². The van der Waals surface area contributed by atoms with E-state index < -0.39 is 0 Å². The monoisotopic (exact) mass is 205 g/mol. The SMILES string of the molecule is CC(C)(C)c1ccc(C2CNCO2)cc1. The van der Waals surface area contributed by atoms with Gasteiger partial charge in [-0.05, 0) is 16.5 Å². The maximum Gasteiger partial charge on any atom is 0.0975 e. The third-order valence-corrected chi connectivity index (χ3v) is 2.86. The van der Waals surface area contributed by atoms with E-state index in [2.05, 4.69) is 50.4 Å². The van der Waals surface area contributed by atoms with E-state index in [0.29, 0.717) is 6.73 Å². The summed E-state index contributed by atoms with van der Waals surface area (Å²) in [5, 5.41) is 3.19. The zero-order chi connectivity index (χ0) is 10.9. The molecule has 0 saturated carbocycles. The maximum absolute atomic E-state index is 5.55. The molecule has 0 bridgehead atoms. The molecule has 1 aliphatic heterocycles. The highest BCUT2D eigenvalue weighted by Gasteiger charge is 2.18. The molecule has 1 saturated heterocycles. The molecule has 1 N–H and O–H groups in total. The average Bonchev–Trinajstić information content (AvgIpc) is 2.69. The topological polar surface area (TPSA) is 21.3 Å². The Morgan fingerprint density at radius 3 is 2.33 bits per heavy atom. The van der Waals surface area contributed by atoms with Crippen LogP contribution in [-0.4, -0.2) is 13.3 Å². The summed E-state index contributed by atoms with van der Waals surface area (Å²) in [5.41, 5.74) is 2.87. The lowest BCUT2D eigenvalue weighted by atomic mass is 9.86. The number of nitrogens with one attached hydrogen (secondary N) is 1. The molecule has 0 spiro atoms. The molecule has 1 atom stereocenters. The summed E-state index contributed by atoms with van der Waals surface area (Å²) in [4.78, 5) is 0. The fourth-order valence-corrected chi connectivity index (χ4v) is 1.82. The fourth-order valence-electron chi connectivity index (χ4n) is 1.82. The van der Waals surface area contributed by atoms with Crippen LogP contribution in [0.25, 0.3) is 0 Å². The normalized spacial score (nSPS) is 21.9. The van der Waals surface area contributed by atoms with Gasteiger partial charge in [0.2, 0.25) is 0 Å². The van der Waals surface area contributed by atoms with Gasteiger partial charge in [-0.3, -0.25) is 5.32 Å². The Morgan fingerprint density at radius 1 is 1.20 bits per heavy atom. The zero-order valence-electron chi connectivity index (χ0n) is 9.71. The first-order chi connectivity index (χ1) is 7.07. The van der Waals surface area contributed by atoms with Gasteiger partial charge in [-0.15, -0.1) is 0 Å². The van der Waals surface area contributed by atoms with Crippen molar-refractivity contribution in [3.05, 3.63) is 35.4 Å². The van der Waals surface area contributed by atoms with Crippen LogP contribution in [0.3, 0.4) is 0 Å². The Balaban J connectivity index is 2.16. The van der Waals surface area contributed by atoms with Gasteiger partial charge in [0.25, 0.3) is 0 Å². The highest BCUT2D eigenvalue weighted by molar-refractivity contribution is 5.29. The second kappa shape index (κ2) is 3.95. The average molecular weight is 205 g/mol. The molecule has 2 nitrogen and oxygen atoms in total. The first-order valence-electron chi connectivity index (χ1n) is 5.50. The van der Waals surface area contributed by atoms with Crippen molar-refractivity contribution in [1.29, 1.82) is 0 Å². The summed E-state index contributed by atoms with van der Waals surface area (Å²) in [6.45, 7) is 8.29. The van der Waals surface area contributed by atoms with Crippen LogP contribution in [0.1, 0.15) is 38.0 Å². The van der Waals surface area contributed by atoms with E-state index >= 15 is 0 Å². The molecule has 1 heterocycles. The number of hydrogen-bond donors (Lipinski definition) is 1. The third-order valence-electron chi connectivity index (χ3n) is 2.86. The van der Waals surface area contributed by atoms with Crippen LogP contribution < -0.4 is 5.32 Å². The molecule has 2 heteroatoms. The largest absolute Gasteiger partial charge is 0.357 e. The van der Waals surface area contributed by atoms with Crippen molar-refractivity contribution in [2.24, 2.45) is 0 Å². The van der Waals surface area contributed by atoms with Gasteiger partial charge in [-0.25, -0.2) is 0 Å². The minimum atomic E-state index is 0.229. The molecule has 1 aromatic rings. The maximum atomic E-state index is 5.55. The zero-order valence-corrected chi connectivity index (χ0v) is 9.71. The lowest BCUT2D eigenvalue weighted by Gasteiger charge is -2.19. The van der Waals surface area contributed by atoms with Crippen LogP contribution >= 0.6 is 0 Å². The molecule has 0 aromatic heterocycles. The van der Waals surface area contributed by atoms with Gasteiger partial charge in [0.15, 0.2) is 0 Å². The first-order valence-corrected chi connectivity index (χ1v) is 5.50. The molecule has 1 unspecified atom stereocenters. The molecule has 15 heavy (non-hydrogen) atoms. The molecular formula is C13H19NO. The van der Waals surface area contributed by atoms with Crippen molar-refractivity contribution in [3.63, 3.8) is 0 Å². The number of ether oxygens (including phenoxy) is 1. The van der Waals surface area contributed by atoms with Gasteiger partial charge < -0.3 is 4.74 Å². The van der Waals surface area contributed by atoms with E-state index in [1.165, 1.54) is 11.1 Å². The molecule has 1 aliphatic rings. The number of benzene rings is 1. The van der Waals surface area contributed by atoms with Crippen molar-refractivity contribution in [1.82, 2.24) is 5.32 Å². The van der Waals surface area contributed by atoms with Gasteiger partial charge in [-0.1, -0.05) is 45.0 Å². The molecule has 0 radical (unpaired) electrons.